The third-order valence-corrected chi connectivity index (χ3v) is 1.88. The first kappa shape index (κ1) is 10.4. The van der Waals surface area contributed by atoms with Crippen molar-refractivity contribution in [3.63, 3.8) is 0 Å². The summed E-state index contributed by atoms with van der Waals surface area (Å²) in [5, 5.41) is 0. The Labute approximate surface area is 73.7 Å². The van der Waals surface area contributed by atoms with Crippen molar-refractivity contribution in [2.24, 2.45) is 0 Å². The van der Waals surface area contributed by atoms with Gasteiger partial charge in [0.2, 0.25) is 0 Å². The first-order valence-corrected chi connectivity index (χ1v) is 3.95. The van der Waals surface area contributed by atoms with E-state index in [4.69, 9.17) is 0 Å². The van der Waals surface area contributed by atoms with Gasteiger partial charge in [-0.25, -0.2) is 0 Å². The molecular formula is C10H14Si. The van der Waals surface area contributed by atoms with Gasteiger partial charge in [-0.1, -0.05) is 38.1 Å². The van der Waals surface area contributed by atoms with Crippen molar-refractivity contribution in [2.75, 3.05) is 0 Å². The average Bonchev–Trinajstić information content (AvgIpc) is 2.04. The summed E-state index contributed by atoms with van der Waals surface area (Å²) < 4.78 is 0. The molecule has 1 aromatic carbocycles. The monoisotopic (exact) mass is 162 g/mol. The van der Waals surface area contributed by atoms with Crippen LogP contribution < -0.4 is 0 Å². The molecule has 0 bridgehead atoms. The summed E-state index contributed by atoms with van der Waals surface area (Å²) in [6, 6.07) is 8.63. The maximum absolute atomic E-state index is 2.21. The predicted molar refractivity (Wildman–Crippen MR) is 51.0 cm³/mol. The summed E-state index contributed by atoms with van der Waals surface area (Å²) in [7, 11) is 0. The first-order chi connectivity index (χ1) is 4.88. The Morgan fingerprint density at radius 1 is 0.909 bits per heavy atom. The highest BCUT2D eigenvalue weighted by Gasteiger charge is 1.93. The van der Waals surface area contributed by atoms with Gasteiger partial charge in [0.1, 0.15) is 0 Å². The minimum absolute atomic E-state index is 0. The third kappa shape index (κ3) is 2.50. The zero-order valence-corrected chi connectivity index (χ0v) is 8.22. The third-order valence-electron chi connectivity index (χ3n) is 1.88. The van der Waals surface area contributed by atoms with Gasteiger partial charge >= 0.3 is 0 Å². The van der Waals surface area contributed by atoms with Crippen LogP contribution in [-0.2, 0) is 12.8 Å². The second-order valence-electron chi connectivity index (χ2n) is 2.48. The van der Waals surface area contributed by atoms with Gasteiger partial charge < -0.3 is 0 Å². The van der Waals surface area contributed by atoms with Crippen molar-refractivity contribution in [3.8, 4) is 0 Å². The lowest BCUT2D eigenvalue weighted by Gasteiger charge is -2.02. The lowest BCUT2D eigenvalue weighted by Crippen LogP contribution is -1.88. The SMILES string of the molecule is CCc1ccccc1CC.[Si]. The van der Waals surface area contributed by atoms with Crippen molar-refractivity contribution in [3.05, 3.63) is 35.4 Å². The largest absolute Gasteiger partial charge is 0.0620 e. The summed E-state index contributed by atoms with van der Waals surface area (Å²) in [6.45, 7) is 4.41. The van der Waals surface area contributed by atoms with Gasteiger partial charge in [0.25, 0.3) is 0 Å². The van der Waals surface area contributed by atoms with Crippen LogP contribution in [0.4, 0.5) is 0 Å². The molecule has 0 aliphatic carbocycles. The van der Waals surface area contributed by atoms with E-state index in [0.29, 0.717) is 0 Å². The molecule has 0 saturated carbocycles. The molecule has 0 spiro atoms. The zero-order valence-electron chi connectivity index (χ0n) is 7.22. The van der Waals surface area contributed by atoms with E-state index in [1.54, 1.807) is 0 Å². The lowest BCUT2D eigenvalue weighted by atomic mass is 10.0. The van der Waals surface area contributed by atoms with E-state index in [1.807, 2.05) is 0 Å². The molecular weight excluding hydrogens is 148 g/mol. The van der Waals surface area contributed by atoms with E-state index in [1.165, 1.54) is 11.1 Å². The van der Waals surface area contributed by atoms with Crippen LogP contribution in [0.5, 0.6) is 0 Å². The van der Waals surface area contributed by atoms with Gasteiger partial charge in [-0.15, -0.1) is 0 Å². The number of hydrogen-bond donors (Lipinski definition) is 0. The van der Waals surface area contributed by atoms with Crippen LogP contribution in [0.2, 0.25) is 0 Å². The molecule has 1 rings (SSSR count). The minimum Gasteiger partial charge on any atom is -0.0620 e. The Balaban J connectivity index is 0.000001000. The molecule has 0 N–H and O–H groups in total. The van der Waals surface area contributed by atoms with Gasteiger partial charge in [-0.05, 0) is 24.0 Å². The number of hydrogen-bond acceptors (Lipinski definition) is 0. The molecule has 1 heteroatoms. The van der Waals surface area contributed by atoms with Crippen molar-refractivity contribution in [1.82, 2.24) is 0 Å². The normalized spacial score (nSPS) is 8.91. The molecule has 0 saturated heterocycles. The molecule has 0 fully saturated rings. The fraction of sp³-hybridized carbons (Fsp3) is 0.400. The second-order valence-corrected chi connectivity index (χ2v) is 2.48. The maximum atomic E-state index is 2.21. The molecule has 0 aliphatic heterocycles. The van der Waals surface area contributed by atoms with Gasteiger partial charge in [-0.3, -0.25) is 0 Å². The van der Waals surface area contributed by atoms with Crippen molar-refractivity contribution in [1.29, 1.82) is 0 Å². The first-order valence-electron chi connectivity index (χ1n) is 3.95. The lowest BCUT2D eigenvalue weighted by molar-refractivity contribution is 1.04. The predicted octanol–water partition coefficient (Wildman–Crippen LogP) is 2.43. The van der Waals surface area contributed by atoms with Crippen molar-refractivity contribution < 1.29 is 0 Å². The molecule has 11 heavy (non-hydrogen) atoms. The van der Waals surface area contributed by atoms with E-state index in [2.05, 4.69) is 38.1 Å². The summed E-state index contributed by atoms with van der Waals surface area (Å²) in [5.74, 6) is 0. The quantitative estimate of drug-likeness (QED) is 0.586. The van der Waals surface area contributed by atoms with Gasteiger partial charge in [0, 0.05) is 11.0 Å². The molecule has 0 amide bonds. The molecule has 0 atom stereocenters. The minimum atomic E-state index is 0. The molecule has 58 valence electrons. The van der Waals surface area contributed by atoms with Crippen LogP contribution in [0, 0.1) is 0 Å². The van der Waals surface area contributed by atoms with Crippen molar-refractivity contribution >= 4 is 11.0 Å². The fourth-order valence-corrected chi connectivity index (χ4v) is 1.25. The van der Waals surface area contributed by atoms with E-state index in [0.717, 1.165) is 12.8 Å². The summed E-state index contributed by atoms with van der Waals surface area (Å²) >= 11 is 0. The van der Waals surface area contributed by atoms with E-state index < -0.39 is 0 Å². The highest BCUT2D eigenvalue weighted by molar-refractivity contribution is 5.75. The molecule has 0 nitrogen and oxygen atoms in total. The molecule has 0 heterocycles. The van der Waals surface area contributed by atoms with E-state index in [-0.39, 0.29) is 11.0 Å². The number of benzene rings is 1. The van der Waals surface area contributed by atoms with Gasteiger partial charge in [-0.2, -0.15) is 0 Å². The maximum Gasteiger partial charge on any atom is 0 e. The number of aryl methyl sites for hydroxylation is 2. The molecule has 0 unspecified atom stereocenters. The van der Waals surface area contributed by atoms with E-state index in [9.17, 15) is 0 Å². The molecule has 4 radical (unpaired) electrons. The summed E-state index contributed by atoms with van der Waals surface area (Å²) in [6.07, 6.45) is 2.31. The summed E-state index contributed by atoms with van der Waals surface area (Å²) in [4.78, 5) is 0. The topological polar surface area (TPSA) is 0 Å². The highest BCUT2D eigenvalue weighted by Crippen LogP contribution is 2.08. The average molecular weight is 162 g/mol. The van der Waals surface area contributed by atoms with Crippen LogP contribution in [0.15, 0.2) is 24.3 Å². The van der Waals surface area contributed by atoms with Crippen LogP contribution in [0.1, 0.15) is 25.0 Å². The Hall–Kier alpha value is -0.563. The smallest absolute Gasteiger partial charge is 0 e. The fourth-order valence-electron chi connectivity index (χ4n) is 1.25. The molecule has 0 aromatic heterocycles. The van der Waals surface area contributed by atoms with Crippen LogP contribution in [0.25, 0.3) is 0 Å². The number of rotatable bonds is 2. The Bertz CT molecular complexity index is 183. The second kappa shape index (κ2) is 5.14. The molecule has 1 aromatic rings. The van der Waals surface area contributed by atoms with Crippen LogP contribution >= 0.6 is 0 Å². The van der Waals surface area contributed by atoms with Crippen molar-refractivity contribution in [2.45, 2.75) is 26.7 Å². The van der Waals surface area contributed by atoms with Gasteiger partial charge in [0.15, 0.2) is 0 Å². The zero-order chi connectivity index (χ0) is 7.40. The highest BCUT2D eigenvalue weighted by atomic mass is 28.1. The van der Waals surface area contributed by atoms with Crippen LogP contribution in [0.3, 0.4) is 0 Å². The Morgan fingerprint density at radius 3 is 1.55 bits per heavy atom. The van der Waals surface area contributed by atoms with E-state index >= 15 is 0 Å². The van der Waals surface area contributed by atoms with Crippen LogP contribution in [-0.4, -0.2) is 11.0 Å². The standard InChI is InChI=1S/C10H14.Si/c1-3-9-7-5-6-8-10(9)4-2;/h5-8H,3-4H2,1-2H3;. The van der Waals surface area contributed by atoms with Gasteiger partial charge in [0.05, 0.1) is 0 Å². The Morgan fingerprint density at radius 2 is 1.27 bits per heavy atom. The Kier molecular flexibility index (Phi) is 4.87. The summed E-state index contributed by atoms with van der Waals surface area (Å²) in [5.41, 5.74) is 2.98. The molecule has 0 aliphatic rings.